The van der Waals surface area contributed by atoms with Crippen LogP contribution in [0.1, 0.15) is 31.9 Å². The molecule has 1 N–H and O–H groups in total. The van der Waals surface area contributed by atoms with E-state index < -0.39 is 28.5 Å². The fraction of sp³-hybridized carbons (Fsp3) is 0.409. The molecule has 0 saturated heterocycles. The van der Waals surface area contributed by atoms with E-state index in [1.807, 2.05) is 26.0 Å². The van der Waals surface area contributed by atoms with E-state index in [-0.39, 0.29) is 17.6 Å². The molecule has 0 bridgehead atoms. The lowest BCUT2D eigenvalue weighted by Gasteiger charge is -2.28. The van der Waals surface area contributed by atoms with Gasteiger partial charge in [0, 0.05) is 14.1 Å². The van der Waals surface area contributed by atoms with Crippen LogP contribution in [0, 0.1) is 11.7 Å². The molecular weight excluding hydrogens is 421 g/mol. The molecule has 0 aliphatic rings. The zero-order valence-electron chi connectivity index (χ0n) is 18.5. The van der Waals surface area contributed by atoms with E-state index in [2.05, 4.69) is 5.32 Å². The molecule has 0 spiro atoms. The normalized spacial score (nSPS) is 12.6. The van der Waals surface area contributed by atoms with Crippen LogP contribution < -0.4 is 14.4 Å². The Labute approximate surface area is 184 Å². The fourth-order valence-corrected chi connectivity index (χ4v) is 4.17. The van der Waals surface area contributed by atoms with Crippen molar-refractivity contribution in [3.05, 3.63) is 59.9 Å². The van der Waals surface area contributed by atoms with Crippen LogP contribution in [-0.4, -0.2) is 46.4 Å². The van der Waals surface area contributed by atoms with Crippen molar-refractivity contribution in [3.63, 3.8) is 0 Å². The zero-order chi connectivity index (χ0) is 23.2. The van der Waals surface area contributed by atoms with Crippen molar-refractivity contribution in [2.45, 2.75) is 26.3 Å². The first-order valence-electron chi connectivity index (χ1n) is 9.94. The lowest BCUT2D eigenvalue weighted by atomic mass is 9.97. The molecule has 9 heteroatoms. The molecule has 170 valence electrons. The minimum Gasteiger partial charge on any atom is -0.497 e. The maximum atomic E-state index is 14.4. The second-order valence-corrected chi connectivity index (χ2v) is 9.84. The van der Waals surface area contributed by atoms with Gasteiger partial charge in [-0.25, -0.2) is 8.70 Å². The van der Waals surface area contributed by atoms with Crippen LogP contribution in [0.15, 0.2) is 48.5 Å². The number of methoxy groups -OCH3 is 1. The van der Waals surface area contributed by atoms with Gasteiger partial charge in [0.15, 0.2) is 0 Å². The average molecular weight is 452 g/mol. The van der Waals surface area contributed by atoms with E-state index in [0.29, 0.717) is 12.2 Å². The molecule has 0 radical (unpaired) electrons. The highest BCUT2D eigenvalue weighted by atomic mass is 32.2. The van der Waals surface area contributed by atoms with Crippen molar-refractivity contribution in [2.75, 3.05) is 32.1 Å². The van der Waals surface area contributed by atoms with Crippen LogP contribution in [0.2, 0.25) is 0 Å². The quantitative estimate of drug-likeness (QED) is 0.601. The SMILES string of the molecule is COc1ccc(C(CC(C)C)NC(=O)CN(c2ccccc2F)S(=O)(=O)N(C)C)cc1. The van der Waals surface area contributed by atoms with Crippen molar-refractivity contribution in [3.8, 4) is 5.75 Å². The van der Waals surface area contributed by atoms with Crippen molar-refractivity contribution in [1.82, 2.24) is 9.62 Å². The number of nitrogens with one attached hydrogen (secondary N) is 1. The maximum Gasteiger partial charge on any atom is 0.304 e. The van der Waals surface area contributed by atoms with Gasteiger partial charge >= 0.3 is 10.2 Å². The first-order chi connectivity index (χ1) is 14.6. The highest BCUT2D eigenvalue weighted by Crippen LogP contribution is 2.25. The summed E-state index contributed by atoms with van der Waals surface area (Å²) in [7, 11) is 0.148. The second kappa shape index (κ2) is 10.6. The molecule has 7 nitrogen and oxygen atoms in total. The molecule has 31 heavy (non-hydrogen) atoms. The van der Waals surface area contributed by atoms with Gasteiger partial charge in [0.05, 0.1) is 18.8 Å². The third-order valence-corrected chi connectivity index (χ3v) is 6.51. The number of hydrogen-bond acceptors (Lipinski definition) is 4. The predicted molar refractivity (Wildman–Crippen MR) is 120 cm³/mol. The Bertz CT molecular complexity index is 979. The van der Waals surface area contributed by atoms with Crippen molar-refractivity contribution < 1.29 is 22.3 Å². The summed E-state index contributed by atoms with van der Waals surface area (Å²) in [5.41, 5.74) is 0.687. The number of carbonyl (C=O) groups excluding carboxylic acids is 1. The number of para-hydroxylation sites is 1. The largest absolute Gasteiger partial charge is 0.497 e. The van der Waals surface area contributed by atoms with Gasteiger partial charge in [-0.05, 0) is 42.2 Å². The Balaban J connectivity index is 2.31. The lowest BCUT2D eigenvalue weighted by molar-refractivity contribution is -0.120. The number of hydrogen-bond donors (Lipinski definition) is 1. The smallest absolute Gasteiger partial charge is 0.304 e. The molecule has 0 saturated carbocycles. The summed E-state index contributed by atoms with van der Waals surface area (Å²) in [4.78, 5) is 12.9. The van der Waals surface area contributed by atoms with E-state index >= 15 is 0 Å². The minimum atomic E-state index is -4.09. The predicted octanol–water partition coefficient (Wildman–Crippen LogP) is 3.35. The molecule has 0 heterocycles. The van der Waals surface area contributed by atoms with Crippen LogP contribution in [0.4, 0.5) is 10.1 Å². The molecule has 0 aromatic heterocycles. The Kier molecular flexibility index (Phi) is 8.41. The van der Waals surface area contributed by atoms with Gasteiger partial charge in [-0.2, -0.15) is 12.7 Å². The van der Waals surface area contributed by atoms with E-state index in [9.17, 15) is 17.6 Å². The number of nitrogens with zero attached hydrogens (tertiary/aromatic N) is 2. The number of benzene rings is 2. The summed E-state index contributed by atoms with van der Waals surface area (Å²) in [6.07, 6.45) is 0.651. The van der Waals surface area contributed by atoms with Crippen LogP contribution in [0.3, 0.4) is 0 Å². The molecule has 1 amide bonds. The number of halogens is 1. The molecule has 2 aromatic rings. The molecule has 1 unspecified atom stereocenters. The Morgan fingerprint density at radius 1 is 1.10 bits per heavy atom. The van der Waals surface area contributed by atoms with Gasteiger partial charge in [-0.1, -0.05) is 38.1 Å². The van der Waals surface area contributed by atoms with Crippen molar-refractivity contribution in [1.29, 1.82) is 0 Å². The van der Waals surface area contributed by atoms with Gasteiger partial charge < -0.3 is 10.1 Å². The molecule has 2 aromatic carbocycles. The highest BCUT2D eigenvalue weighted by molar-refractivity contribution is 7.90. The van der Waals surface area contributed by atoms with Gasteiger partial charge in [0.25, 0.3) is 0 Å². The third kappa shape index (κ3) is 6.41. The number of carbonyl (C=O) groups is 1. The number of rotatable bonds is 10. The molecule has 0 fully saturated rings. The van der Waals surface area contributed by atoms with Crippen LogP contribution in [-0.2, 0) is 15.0 Å². The Morgan fingerprint density at radius 3 is 2.23 bits per heavy atom. The Morgan fingerprint density at radius 2 is 1.71 bits per heavy atom. The third-order valence-electron chi connectivity index (χ3n) is 4.71. The van der Waals surface area contributed by atoms with E-state index in [4.69, 9.17) is 4.74 Å². The summed E-state index contributed by atoms with van der Waals surface area (Å²) in [5, 5.41) is 2.91. The van der Waals surface area contributed by atoms with Gasteiger partial charge in [0.1, 0.15) is 18.1 Å². The second-order valence-electron chi connectivity index (χ2n) is 7.77. The standard InChI is InChI=1S/C22H30FN3O4S/c1-16(2)14-20(17-10-12-18(30-5)13-11-17)24-22(27)15-26(31(28,29)25(3)4)21-9-7-6-8-19(21)23/h6-13,16,20H,14-15H2,1-5H3,(H,24,27). The number of ether oxygens (including phenoxy) is 1. The van der Waals surface area contributed by atoms with Crippen LogP contribution in [0.25, 0.3) is 0 Å². The van der Waals surface area contributed by atoms with Gasteiger partial charge in [-0.15, -0.1) is 0 Å². The molecule has 1 atom stereocenters. The maximum absolute atomic E-state index is 14.4. The topological polar surface area (TPSA) is 79.0 Å². The Hall–Kier alpha value is -2.65. The zero-order valence-corrected chi connectivity index (χ0v) is 19.3. The first kappa shape index (κ1) is 24.6. The summed E-state index contributed by atoms with van der Waals surface area (Å²) >= 11 is 0. The first-order valence-corrected chi connectivity index (χ1v) is 11.3. The van der Waals surface area contributed by atoms with E-state index in [1.54, 1.807) is 19.2 Å². The summed E-state index contributed by atoms with van der Waals surface area (Å²) < 4.78 is 46.9. The molecule has 0 aliphatic heterocycles. The molecule has 2 rings (SSSR count). The summed E-state index contributed by atoms with van der Waals surface area (Å²) in [6.45, 7) is 3.52. The fourth-order valence-electron chi connectivity index (χ4n) is 3.10. The minimum absolute atomic E-state index is 0.184. The number of anilines is 1. The van der Waals surface area contributed by atoms with Gasteiger partial charge in [-0.3, -0.25) is 4.79 Å². The van der Waals surface area contributed by atoms with Crippen LogP contribution >= 0.6 is 0 Å². The highest BCUT2D eigenvalue weighted by Gasteiger charge is 2.30. The van der Waals surface area contributed by atoms with E-state index in [0.717, 1.165) is 20.2 Å². The van der Waals surface area contributed by atoms with Crippen molar-refractivity contribution >= 4 is 21.8 Å². The number of amides is 1. The lowest BCUT2D eigenvalue weighted by Crippen LogP contribution is -2.46. The van der Waals surface area contributed by atoms with Crippen LogP contribution in [0.5, 0.6) is 5.75 Å². The molecule has 0 aliphatic carbocycles. The monoisotopic (exact) mass is 451 g/mol. The average Bonchev–Trinajstić information content (AvgIpc) is 2.71. The summed E-state index contributed by atoms with van der Waals surface area (Å²) in [6, 6.07) is 12.5. The van der Waals surface area contributed by atoms with Crippen molar-refractivity contribution in [2.24, 2.45) is 5.92 Å². The van der Waals surface area contributed by atoms with Gasteiger partial charge in [0.2, 0.25) is 5.91 Å². The van der Waals surface area contributed by atoms with E-state index in [1.165, 1.54) is 32.3 Å². The molecular formula is C22H30FN3O4S. The summed E-state index contributed by atoms with van der Waals surface area (Å²) in [5.74, 6) is -0.286.